The highest BCUT2D eigenvalue weighted by atomic mass is 32.2. The monoisotopic (exact) mass is 527 g/mol. The molecule has 1 saturated heterocycles. The molecule has 194 valence electrons. The minimum Gasteiger partial charge on any atom is -0.370 e. The minimum absolute atomic E-state index is 0.327. The molecule has 1 N–H and O–H groups in total. The summed E-state index contributed by atoms with van der Waals surface area (Å²) in [6.07, 6.45) is 8.64. The lowest BCUT2D eigenvalue weighted by atomic mass is 9.92. The van der Waals surface area contributed by atoms with Crippen molar-refractivity contribution < 1.29 is 8.42 Å². The molecule has 6 rings (SSSR count). The number of fused-ring (bicyclic) bond motifs is 1. The van der Waals surface area contributed by atoms with Crippen molar-refractivity contribution in [2.75, 3.05) is 23.3 Å². The van der Waals surface area contributed by atoms with Crippen molar-refractivity contribution in [3.63, 3.8) is 0 Å². The molecule has 1 aliphatic heterocycles. The van der Waals surface area contributed by atoms with Crippen LogP contribution in [-0.2, 0) is 10.0 Å². The first kappa shape index (κ1) is 24.4. The second-order valence-corrected chi connectivity index (χ2v) is 12.5. The lowest BCUT2D eigenvalue weighted by Crippen LogP contribution is -2.46. The summed E-state index contributed by atoms with van der Waals surface area (Å²) in [5.41, 5.74) is 4.47. The molecule has 0 atom stereocenters. The van der Waals surface area contributed by atoms with E-state index in [1.807, 2.05) is 18.3 Å². The van der Waals surface area contributed by atoms with Gasteiger partial charge in [0.25, 0.3) is 10.0 Å². The van der Waals surface area contributed by atoms with Crippen LogP contribution in [0.3, 0.4) is 0 Å². The molecule has 9 nitrogen and oxygen atoms in total. The SMILES string of the molecule is CC(C)c1ccc(N2CC(CC#N)C2)c2cnc(Nc3ccnc(-c4cnn(S(=O)(=O)C5CC5)c4)c3)cc12. The largest absolute Gasteiger partial charge is 0.370 e. The highest BCUT2D eigenvalue weighted by Crippen LogP contribution is 2.37. The van der Waals surface area contributed by atoms with Gasteiger partial charge >= 0.3 is 0 Å². The molecule has 3 aromatic heterocycles. The van der Waals surface area contributed by atoms with Crippen LogP contribution in [0.5, 0.6) is 0 Å². The fourth-order valence-electron chi connectivity index (χ4n) is 5.03. The Bertz CT molecular complexity index is 1660. The van der Waals surface area contributed by atoms with E-state index >= 15 is 0 Å². The summed E-state index contributed by atoms with van der Waals surface area (Å²) in [6.45, 7) is 6.16. The van der Waals surface area contributed by atoms with Gasteiger partial charge in [0.2, 0.25) is 0 Å². The summed E-state index contributed by atoms with van der Waals surface area (Å²) >= 11 is 0. The maximum Gasteiger partial charge on any atom is 0.256 e. The van der Waals surface area contributed by atoms with Gasteiger partial charge < -0.3 is 10.2 Å². The zero-order valence-electron chi connectivity index (χ0n) is 21.4. The number of nitrogens with zero attached hydrogens (tertiary/aromatic N) is 6. The number of nitrogens with one attached hydrogen (secondary N) is 1. The Morgan fingerprint density at radius 1 is 1.11 bits per heavy atom. The van der Waals surface area contributed by atoms with Crippen LogP contribution in [0, 0.1) is 17.2 Å². The van der Waals surface area contributed by atoms with Gasteiger partial charge in [-0.05, 0) is 54.0 Å². The number of pyridine rings is 2. The van der Waals surface area contributed by atoms with Gasteiger partial charge in [-0.15, -0.1) is 0 Å². The van der Waals surface area contributed by atoms with Crippen molar-refractivity contribution in [1.82, 2.24) is 19.2 Å². The third-order valence-corrected chi connectivity index (χ3v) is 9.34. The highest BCUT2D eigenvalue weighted by Gasteiger charge is 2.37. The second-order valence-electron chi connectivity index (χ2n) is 10.5. The molecule has 1 aromatic carbocycles. The molecule has 0 spiro atoms. The number of aromatic nitrogens is 4. The Morgan fingerprint density at radius 2 is 1.92 bits per heavy atom. The van der Waals surface area contributed by atoms with Crippen molar-refractivity contribution >= 4 is 38.0 Å². The van der Waals surface area contributed by atoms with Gasteiger partial charge in [0, 0.05) is 60.1 Å². The summed E-state index contributed by atoms with van der Waals surface area (Å²) in [4.78, 5) is 11.5. The molecule has 10 heteroatoms. The van der Waals surface area contributed by atoms with Gasteiger partial charge in [0.15, 0.2) is 0 Å². The molecule has 2 aliphatic rings. The predicted molar refractivity (Wildman–Crippen MR) is 148 cm³/mol. The maximum atomic E-state index is 12.5. The lowest BCUT2D eigenvalue weighted by Gasteiger charge is -2.41. The van der Waals surface area contributed by atoms with E-state index in [0.29, 0.717) is 48.2 Å². The van der Waals surface area contributed by atoms with Gasteiger partial charge in [-0.25, -0.2) is 13.4 Å². The highest BCUT2D eigenvalue weighted by molar-refractivity contribution is 7.90. The van der Waals surface area contributed by atoms with E-state index < -0.39 is 10.0 Å². The van der Waals surface area contributed by atoms with Crippen LogP contribution in [0.2, 0.25) is 0 Å². The van der Waals surface area contributed by atoms with Gasteiger partial charge in [-0.1, -0.05) is 19.9 Å². The molecule has 38 heavy (non-hydrogen) atoms. The summed E-state index contributed by atoms with van der Waals surface area (Å²) in [5.74, 6) is 1.49. The number of benzene rings is 1. The second kappa shape index (κ2) is 9.40. The van der Waals surface area contributed by atoms with Crippen LogP contribution in [0.4, 0.5) is 17.2 Å². The summed E-state index contributed by atoms with van der Waals surface area (Å²) in [6, 6.07) is 12.5. The first-order valence-corrected chi connectivity index (χ1v) is 14.4. The smallest absolute Gasteiger partial charge is 0.256 e. The fraction of sp³-hybridized carbons (Fsp3) is 0.357. The Kier molecular flexibility index (Phi) is 6.03. The molecule has 1 saturated carbocycles. The number of hydrogen-bond donors (Lipinski definition) is 1. The zero-order chi connectivity index (χ0) is 26.4. The van der Waals surface area contributed by atoms with Gasteiger partial charge in [0.05, 0.1) is 29.4 Å². The average Bonchev–Trinajstić information content (AvgIpc) is 3.62. The summed E-state index contributed by atoms with van der Waals surface area (Å²) in [5, 5.41) is 18.4. The van der Waals surface area contributed by atoms with Gasteiger partial charge in [0.1, 0.15) is 5.82 Å². The van der Waals surface area contributed by atoms with E-state index in [1.54, 1.807) is 6.20 Å². The van der Waals surface area contributed by atoms with Crippen molar-refractivity contribution in [2.24, 2.45) is 5.92 Å². The number of hydrogen-bond acceptors (Lipinski definition) is 8. The molecule has 1 aliphatic carbocycles. The van der Waals surface area contributed by atoms with Crippen LogP contribution in [0.25, 0.3) is 22.0 Å². The van der Waals surface area contributed by atoms with Crippen LogP contribution >= 0.6 is 0 Å². The number of anilines is 3. The van der Waals surface area contributed by atoms with Crippen LogP contribution < -0.4 is 10.2 Å². The van der Waals surface area contributed by atoms with Crippen molar-refractivity contribution in [1.29, 1.82) is 5.26 Å². The van der Waals surface area contributed by atoms with E-state index in [2.05, 4.69) is 58.4 Å². The Labute approximate surface area is 222 Å². The topological polar surface area (TPSA) is 117 Å². The Hall–Kier alpha value is -3.97. The third-order valence-electron chi connectivity index (χ3n) is 7.31. The maximum absolute atomic E-state index is 12.5. The van der Waals surface area contributed by atoms with E-state index in [-0.39, 0.29) is 5.25 Å². The van der Waals surface area contributed by atoms with E-state index in [1.165, 1.54) is 18.0 Å². The quantitative estimate of drug-likeness (QED) is 0.338. The molecular weight excluding hydrogens is 498 g/mol. The number of nitriles is 1. The normalized spacial score (nSPS) is 16.0. The summed E-state index contributed by atoms with van der Waals surface area (Å²) < 4.78 is 26.1. The van der Waals surface area contributed by atoms with E-state index in [4.69, 9.17) is 10.2 Å². The number of rotatable bonds is 8. The zero-order valence-corrected chi connectivity index (χ0v) is 22.2. The average molecular weight is 528 g/mol. The molecular formula is C28H29N7O2S. The molecule has 0 radical (unpaired) electrons. The third kappa shape index (κ3) is 4.47. The van der Waals surface area contributed by atoms with E-state index in [9.17, 15) is 8.42 Å². The molecule has 0 unspecified atom stereocenters. The van der Waals surface area contributed by atoms with Crippen molar-refractivity contribution in [3.05, 3.63) is 60.7 Å². The first-order chi connectivity index (χ1) is 18.3. The molecule has 4 aromatic rings. The Balaban J connectivity index is 1.28. The van der Waals surface area contributed by atoms with Crippen LogP contribution in [0.1, 0.15) is 44.6 Å². The molecule has 4 heterocycles. The van der Waals surface area contributed by atoms with Crippen molar-refractivity contribution in [2.45, 2.75) is 44.3 Å². The van der Waals surface area contributed by atoms with Crippen LogP contribution in [-0.4, -0.2) is 45.9 Å². The van der Waals surface area contributed by atoms with Crippen LogP contribution in [0.15, 0.2) is 55.1 Å². The first-order valence-electron chi connectivity index (χ1n) is 12.9. The van der Waals surface area contributed by atoms with Gasteiger partial charge in [-0.2, -0.15) is 14.4 Å². The fourth-order valence-corrected chi connectivity index (χ4v) is 6.50. The molecule has 0 bridgehead atoms. The van der Waals surface area contributed by atoms with E-state index in [0.717, 1.165) is 39.3 Å². The summed E-state index contributed by atoms with van der Waals surface area (Å²) in [7, 11) is -3.42. The minimum atomic E-state index is -3.42. The molecule has 2 fully saturated rings. The Morgan fingerprint density at radius 3 is 2.66 bits per heavy atom. The lowest BCUT2D eigenvalue weighted by molar-refractivity contribution is 0.419. The van der Waals surface area contributed by atoms with Gasteiger partial charge in [-0.3, -0.25) is 4.98 Å². The standard InChI is InChI=1S/C28H29N7O2S/c1-18(2)23-5-6-27(34-15-19(16-34)7-9-29)25-14-31-28(12-24(23)25)33-21-8-10-30-26(11-21)20-13-32-35(17-20)38(36,37)22-3-4-22/h5-6,8,10-14,17-19,22H,3-4,7,15-16H2,1-2H3,(H,30,31,33). The predicted octanol–water partition coefficient (Wildman–Crippen LogP) is 5.05. The molecule has 0 amide bonds. The van der Waals surface area contributed by atoms with Crippen molar-refractivity contribution in [3.8, 4) is 17.3 Å².